The van der Waals surface area contributed by atoms with E-state index in [1.165, 1.54) is 6.07 Å². The van der Waals surface area contributed by atoms with Gasteiger partial charge < -0.3 is 5.32 Å². The molecule has 1 aliphatic rings. The topological polar surface area (TPSA) is 12.0 Å². The molecule has 11 heavy (non-hydrogen) atoms. The van der Waals surface area contributed by atoms with Crippen molar-refractivity contribution < 1.29 is 4.39 Å². The Kier molecular flexibility index (Phi) is 1.34. The van der Waals surface area contributed by atoms with Crippen LogP contribution < -0.4 is 5.32 Å². The van der Waals surface area contributed by atoms with Crippen LogP contribution in [0.4, 0.5) is 10.1 Å². The fraction of sp³-hybridized carbons (Fsp3) is 0.333. The van der Waals surface area contributed by atoms with Gasteiger partial charge in [0, 0.05) is 17.3 Å². The summed E-state index contributed by atoms with van der Waals surface area (Å²) < 4.78 is 13.0. The number of benzene rings is 1. The maximum atomic E-state index is 13.0. The van der Waals surface area contributed by atoms with Gasteiger partial charge in [0.05, 0.1) is 0 Å². The number of rotatable bonds is 0. The van der Waals surface area contributed by atoms with Gasteiger partial charge in [-0.3, -0.25) is 0 Å². The monoisotopic (exact) mass is 151 g/mol. The van der Waals surface area contributed by atoms with Gasteiger partial charge in [-0.1, -0.05) is 6.07 Å². The van der Waals surface area contributed by atoms with E-state index in [0.717, 1.165) is 17.7 Å². The second-order valence-corrected chi connectivity index (χ2v) is 3.02. The number of nitrogens with one attached hydrogen (secondary N) is 1. The Morgan fingerprint density at radius 3 is 3.09 bits per heavy atom. The molecule has 0 bridgehead atoms. The molecule has 58 valence electrons. The third kappa shape index (κ3) is 0.985. The summed E-state index contributed by atoms with van der Waals surface area (Å²) in [6.07, 6.45) is 0.808. The Labute approximate surface area is 65.2 Å². The minimum absolute atomic E-state index is 0.0839. The van der Waals surface area contributed by atoms with Crippen molar-refractivity contribution in [2.24, 2.45) is 0 Å². The first-order valence-corrected chi connectivity index (χ1v) is 3.81. The Morgan fingerprint density at radius 1 is 1.55 bits per heavy atom. The Morgan fingerprint density at radius 2 is 2.36 bits per heavy atom. The van der Waals surface area contributed by atoms with Crippen LogP contribution >= 0.6 is 0 Å². The normalized spacial score (nSPS) is 21.1. The van der Waals surface area contributed by atoms with Crippen LogP contribution in [0.25, 0.3) is 0 Å². The average molecular weight is 151 g/mol. The van der Waals surface area contributed by atoms with Gasteiger partial charge in [-0.15, -0.1) is 0 Å². The number of anilines is 1. The zero-order valence-electron chi connectivity index (χ0n) is 6.39. The first kappa shape index (κ1) is 6.65. The third-order valence-electron chi connectivity index (χ3n) is 2.03. The van der Waals surface area contributed by atoms with Gasteiger partial charge in [0.2, 0.25) is 0 Å². The molecule has 1 aromatic carbocycles. The first-order chi connectivity index (χ1) is 5.27. The van der Waals surface area contributed by atoms with E-state index in [1.807, 2.05) is 6.07 Å². The molecule has 0 radical (unpaired) electrons. The molecule has 1 aromatic rings. The van der Waals surface area contributed by atoms with E-state index in [4.69, 9.17) is 0 Å². The van der Waals surface area contributed by atoms with Crippen LogP contribution in [0.1, 0.15) is 12.5 Å². The molecular weight excluding hydrogens is 141 g/mol. The van der Waals surface area contributed by atoms with Gasteiger partial charge in [-0.25, -0.2) is 4.39 Å². The van der Waals surface area contributed by atoms with Crippen molar-refractivity contribution in [3.8, 4) is 0 Å². The smallest absolute Gasteiger partial charge is 0.128 e. The molecule has 0 amide bonds. The molecule has 0 aliphatic carbocycles. The molecule has 1 N–H and O–H groups in total. The van der Waals surface area contributed by atoms with Crippen molar-refractivity contribution in [1.29, 1.82) is 0 Å². The van der Waals surface area contributed by atoms with E-state index in [1.54, 1.807) is 6.07 Å². The Hall–Kier alpha value is -1.05. The van der Waals surface area contributed by atoms with Crippen molar-refractivity contribution in [1.82, 2.24) is 0 Å². The van der Waals surface area contributed by atoms with Crippen molar-refractivity contribution in [2.45, 2.75) is 19.4 Å². The number of fused-ring (bicyclic) bond motifs is 1. The minimum atomic E-state index is -0.0839. The Bertz CT molecular complexity index is 283. The highest BCUT2D eigenvalue weighted by Crippen LogP contribution is 2.27. The van der Waals surface area contributed by atoms with Crippen LogP contribution in [0.3, 0.4) is 0 Å². The van der Waals surface area contributed by atoms with Crippen LogP contribution in [-0.4, -0.2) is 6.04 Å². The molecule has 0 fully saturated rings. The number of halogens is 1. The van der Waals surface area contributed by atoms with E-state index in [2.05, 4.69) is 12.2 Å². The average Bonchev–Trinajstić information content (AvgIpc) is 2.31. The molecule has 1 aliphatic heterocycles. The lowest BCUT2D eigenvalue weighted by Crippen LogP contribution is -2.08. The van der Waals surface area contributed by atoms with Gasteiger partial charge in [0.1, 0.15) is 5.82 Å². The van der Waals surface area contributed by atoms with E-state index in [0.29, 0.717) is 6.04 Å². The molecule has 0 spiro atoms. The van der Waals surface area contributed by atoms with Crippen LogP contribution in [0.15, 0.2) is 18.2 Å². The first-order valence-electron chi connectivity index (χ1n) is 3.81. The SMILES string of the molecule is C[C@H]1Cc2c(F)cccc2N1. The van der Waals surface area contributed by atoms with Crippen molar-refractivity contribution in [3.05, 3.63) is 29.6 Å². The number of hydrogen-bond donors (Lipinski definition) is 1. The van der Waals surface area contributed by atoms with Crippen molar-refractivity contribution >= 4 is 5.69 Å². The maximum Gasteiger partial charge on any atom is 0.128 e. The maximum absolute atomic E-state index is 13.0. The van der Waals surface area contributed by atoms with Crippen LogP contribution in [-0.2, 0) is 6.42 Å². The van der Waals surface area contributed by atoms with Crippen LogP contribution in [0.5, 0.6) is 0 Å². The molecule has 0 saturated heterocycles. The van der Waals surface area contributed by atoms with E-state index in [-0.39, 0.29) is 5.82 Å². The summed E-state index contributed by atoms with van der Waals surface area (Å²) in [5, 5.41) is 3.20. The summed E-state index contributed by atoms with van der Waals surface area (Å²) in [4.78, 5) is 0. The van der Waals surface area contributed by atoms with Crippen LogP contribution in [0, 0.1) is 5.82 Å². The Balaban J connectivity index is 2.49. The molecule has 0 saturated carbocycles. The van der Waals surface area contributed by atoms with Crippen molar-refractivity contribution in [2.75, 3.05) is 5.32 Å². The highest BCUT2D eigenvalue weighted by Gasteiger charge is 2.18. The standard InChI is InChI=1S/C9H10FN/c1-6-5-7-8(10)3-2-4-9(7)11-6/h2-4,6,11H,5H2,1H3/t6-/m0/s1. The molecule has 1 nitrogen and oxygen atoms in total. The highest BCUT2D eigenvalue weighted by molar-refractivity contribution is 5.56. The zero-order chi connectivity index (χ0) is 7.84. The van der Waals surface area contributed by atoms with Gasteiger partial charge in [0.15, 0.2) is 0 Å². The molecule has 2 heteroatoms. The predicted molar refractivity (Wildman–Crippen MR) is 43.2 cm³/mol. The molecule has 1 heterocycles. The third-order valence-corrected chi connectivity index (χ3v) is 2.03. The molecule has 0 unspecified atom stereocenters. The summed E-state index contributed by atoms with van der Waals surface area (Å²) in [6.45, 7) is 2.06. The lowest BCUT2D eigenvalue weighted by molar-refractivity contribution is 0.611. The summed E-state index contributed by atoms with van der Waals surface area (Å²) in [7, 11) is 0. The minimum Gasteiger partial charge on any atom is -0.382 e. The second kappa shape index (κ2) is 2.22. The second-order valence-electron chi connectivity index (χ2n) is 3.02. The molecule has 2 rings (SSSR count). The highest BCUT2D eigenvalue weighted by atomic mass is 19.1. The van der Waals surface area contributed by atoms with Gasteiger partial charge in [0.25, 0.3) is 0 Å². The van der Waals surface area contributed by atoms with E-state index >= 15 is 0 Å². The quantitative estimate of drug-likeness (QED) is 0.599. The summed E-state index contributed by atoms with van der Waals surface area (Å²) in [6, 6.07) is 5.54. The fourth-order valence-electron chi connectivity index (χ4n) is 1.52. The number of hydrogen-bond acceptors (Lipinski definition) is 1. The van der Waals surface area contributed by atoms with Gasteiger partial charge in [-0.2, -0.15) is 0 Å². The van der Waals surface area contributed by atoms with Crippen molar-refractivity contribution in [3.63, 3.8) is 0 Å². The molecule has 1 atom stereocenters. The summed E-state index contributed by atoms with van der Waals surface area (Å²) in [5.41, 5.74) is 1.79. The van der Waals surface area contributed by atoms with E-state index < -0.39 is 0 Å². The summed E-state index contributed by atoms with van der Waals surface area (Å²) in [5.74, 6) is -0.0839. The fourth-order valence-corrected chi connectivity index (χ4v) is 1.52. The largest absolute Gasteiger partial charge is 0.382 e. The van der Waals surface area contributed by atoms with E-state index in [9.17, 15) is 4.39 Å². The predicted octanol–water partition coefficient (Wildman–Crippen LogP) is 2.18. The summed E-state index contributed by atoms with van der Waals surface area (Å²) >= 11 is 0. The lowest BCUT2D eigenvalue weighted by Gasteiger charge is -2.00. The van der Waals surface area contributed by atoms with Crippen LogP contribution in [0.2, 0.25) is 0 Å². The van der Waals surface area contributed by atoms with Gasteiger partial charge in [-0.05, 0) is 25.5 Å². The van der Waals surface area contributed by atoms with Gasteiger partial charge >= 0.3 is 0 Å². The molecule has 0 aromatic heterocycles. The zero-order valence-corrected chi connectivity index (χ0v) is 6.39. The lowest BCUT2D eigenvalue weighted by atomic mass is 10.1. The molecular formula is C9H10FN.